The molecule has 2 rings (SSSR count). The summed E-state index contributed by atoms with van der Waals surface area (Å²) in [6.07, 6.45) is 0. The lowest BCUT2D eigenvalue weighted by Gasteiger charge is -2.21. The maximum atomic E-state index is 13.6. The SMILES string of the molecule is CCOP(=O)(OCC)c1nnn(Cc2ccccc2)c1P(=O)(OCC)OCC. The van der Waals surface area contributed by atoms with Gasteiger partial charge in [-0.25, -0.2) is 4.68 Å². The maximum absolute atomic E-state index is 13.6. The van der Waals surface area contributed by atoms with Gasteiger partial charge in [-0.3, -0.25) is 9.13 Å². The van der Waals surface area contributed by atoms with Crippen molar-refractivity contribution in [3.05, 3.63) is 35.9 Å². The molecule has 0 saturated carbocycles. The van der Waals surface area contributed by atoms with E-state index in [0.717, 1.165) is 5.56 Å². The van der Waals surface area contributed by atoms with Gasteiger partial charge in [-0.1, -0.05) is 35.5 Å². The largest absolute Gasteiger partial charge is 0.384 e. The highest BCUT2D eigenvalue weighted by Crippen LogP contribution is 2.52. The molecule has 0 aliphatic rings. The minimum Gasteiger partial charge on any atom is -0.304 e. The Labute approximate surface area is 165 Å². The molecule has 1 heterocycles. The summed E-state index contributed by atoms with van der Waals surface area (Å²) in [6, 6.07) is 9.43. The predicted octanol–water partition coefficient (Wildman–Crippen LogP) is 3.11. The Balaban J connectivity index is 2.65. The van der Waals surface area contributed by atoms with Crippen molar-refractivity contribution in [3.8, 4) is 0 Å². The van der Waals surface area contributed by atoms with Crippen molar-refractivity contribution >= 4 is 26.1 Å². The molecular formula is C17H27N3O6P2. The van der Waals surface area contributed by atoms with Gasteiger partial charge >= 0.3 is 15.2 Å². The quantitative estimate of drug-likeness (QED) is 0.473. The van der Waals surface area contributed by atoms with Crippen molar-refractivity contribution in [1.29, 1.82) is 0 Å². The first kappa shape index (κ1) is 22.9. The van der Waals surface area contributed by atoms with Gasteiger partial charge in [0.2, 0.25) is 5.44 Å². The van der Waals surface area contributed by atoms with Crippen LogP contribution >= 0.6 is 15.2 Å². The van der Waals surface area contributed by atoms with Crippen molar-refractivity contribution in [2.75, 3.05) is 26.4 Å². The van der Waals surface area contributed by atoms with E-state index < -0.39 is 15.2 Å². The van der Waals surface area contributed by atoms with Crippen molar-refractivity contribution in [2.24, 2.45) is 0 Å². The predicted molar refractivity (Wildman–Crippen MR) is 107 cm³/mol. The Bertz CT molecular complexity index is 823. The van der Waals surface area contributed by atoms with E-state index in [9.17, 15) is 9.13 Å². The fraction of sp³-hybridized carbons (Fsp3) is 0.529. The number of aromatic nitrogens is 3. The zero-order chi connectivity index (χ0) is 20.6. The average molecular weight is 431 g/mol. The van der Waals surface area contributed by atoms with Gasteiger partial charge < -0.3 is 18.1 Å². The fourth-order valence-corrected chi connectivity index (χ4v) is 6.53. The van der Waals surface area contributed by atoms with E-state index in [1.807, 2.05) is 30.3 Å². The molecule has 0 unspecified atom stereocenters. The first-order chi connectivity index (χ1) is 13.4. The minimum atomic E-state index is -3.87. The lowest BCUT2D eigenvalue weighted by molar-refractivity contribution is 0.225. The second-order valence-corrected chi connectivity index (χ2v) is 9.42. The van der Waals surface area contributed by atoms with Crippen LogP contribution < -0.4 is 10.9 Å². The fourth-order valence-electron chi connectivity index (χ4n) is 2.60. The van der Waals surface area contributed by atoms with E-state index in [1.165, 1.54) is 4.68 Å². The second-order valence-electron chi connectivity index (χ2n) is 5.55. The number of nitrogens with zero attached hydrogens (tertiary/aromatic N) is 3. The van der Waals surface area contributed by atoms with Crippen LogP contribution in [0.1, 0.15) is 33.3 Å². The number of hydrogen-bond acceptors (Lipinski definition) is 8. The molecule has 11 heteroatoms. The molecule has 156 valence electrons. The van der Waals surface area contributed by atoms with Crippen LogP contribution in [0.4, 0.5) is 0 Å². The number of rotatable bonds is 12. The van der Waals surface area contributed by atoms with Crippen molar-refractivity contribution in [3.63, 3.8) is 0 Å². The monoisotopic (exact) mass is 431 g/mol. The van der Waals surface area contributed by atoms with Gasteiger partial charge in [0.1, 0.15) is 0 Å². The Kier molecular flexibility index (Phi) is 8.56. The van der Waals surface area contributed by atoms with Crippen LogP contribution in [0.25, 0.3) is 0 Å². The smallest absolute Gasteiger partial charge is 0.304 e. The summed E-state index contributed by atoms with van der Waals surface area (Å²) in [5, 5.41) is 8.09. The van der Waals surface area contributed by atoms with E-state index in [-0.39, 0.29) is 43.8 Å². The highest BCUT2D eigenvalue weighted by Gasteiger charge is 2.44. The van der Waals surface area contributed by atoms with Crippen LogP contribution in [-0.4, -0.2) is 41.4 Å². The maximum Gasteiger partial charge on any atom is 0.384 e. The van der Waals surface area contributed by atoms with Gasteiger partial charge in [0.25, 0.3) is 0 Å². The summed E-state index contributed by atoms with van der Waals surface area (Å²) >= 11 is 0. The van der Waals surface area contributed by atoms with E-state index in [2.05, 4.69) is 10.3 Å². The third-order valence-electron chi connectivity index (χ3n) is 3.58. The first-order valence-electron chi connectivity index (χ1n) is 9.20. The Morgan fingerprint density at radius 1 is 0.821 bits per heavy atom. The van der Waals surface area contributed by atoms with Crippen LogP contribution in [0.5, 0.6) is 0 Å². The molecule has 0 atom stereocenters. The number of benzene rings is 1. The van der Waals surface area contributed by atoms with Crippen LogP contribution in [0.2, 0.25) is 0 Å². The summed E-state index contributed by atoms with van der Waals surface area (Å²) in [7, 11) is -7.74. The zero-order valence-electron chi connectivity index (χ0n) is 16.6. The molecule has 1 aromatic heterocycles. The highest BCUT2D eigenvalue weighted by molar-refractivity contribution is 7.68. The van der Waals surface area contributed by atoms with Crippen molar-refractivity contribution in [1.82, 2.24) is 15.0 Å². The molecule has 1 aromatic carbocycles. The van der Waals surface area contributed by atoms with Gasteiger partial charge in [0.15, 0.2) is 5.44 Å². The molecule has 2 aromatic rings. The third-order valence-corrected chi connectivity index (χ3v) is 7.93. The minimum absolute atomic E-state index is 0.00899. The summed E-state index contributed by atoms with van der Waals surface area (Å²) in [4.78, 5) is 0. The molecule has 0 radical (unpaired) electrons. The molecule has 0 bridgehead atoms. The van der Waals surface area contributed by atoms with Gasteiger partial charge in [-0.2, -0.15) is 0 Å². The molecule has 0 aliphatic carbocycles. The van der Waals surface area contributed by atoms with Gasteiger partial charge in [0, 0.05) is 0 Å². The molecule has 0 spiro atoms. The molecule has 0 N–H and O–H groups in total. The molecular weight excluding hydrogens is 404 g/mol. The lowest BCUT2D eigenvalue weighted by atomic mass is 10.2. The summed E-state index contributed by atoms with van der Waals surface area (Å²) in [5.74, 6) is 0. The van der Waals surface area contributed by atoms with Gasteiger partial charge in [-0.15, -0.1) is 5.10 Å². The second kappa shape index (κ2) is 10.4. The molecule has 0 fully saturated rings. The summed E-state index contributed by atoms with van der Waals surface area (Å²) in [6.45, 7) is 7.50. The molecule has 0 aliphatic heterocycles. The average Bonchev–Trinajstić information content (AvgIpc) is 3.08. The normalized spacial score (nSPS) is 12.4. The lowest BCUT2D eigenvalue weighted by Crippen LogP contribution is -2.33. The van der Waals surface area contributed by atoms with E-state index >= 15 is 0 Å². The first-order valence-corrected chi connectivity index (χ1v) is 12.3. The standard InChI is InChI=1S/C17H27N3O6P2/c1-5-23-27(21,24-6-2)16-17(28(22,25-7-3)26-8-4)20(19-18-16)14-15-12-10-9-11-13-15/h9-13H,5-8,14H2,1-4H3. The van der Waals surface area contributed by atoms with E-state index in [1.54, 1.807) is 27.7 Å². The Morgan fingerprint density at radius 2 is 1.32 bits per heavy atom. The van der Waals surface area contributed by atoms with E-state index in [0.29, 0.717) is 0 Å². The summed E-state index contributed by atoms with van der Waals surface area (Å²) < 4.78 is 50.1. The zero-order valence-corrected chi connectivity index (χ0v) is 18.4. The van der Waals surface area contributed by atoms with Gasteiger partial charge in [0.05, 0.1) is 33.0 Å². The topological polar surface area (TPSA) is 102 Å². The van der Waals surface area contributed by atoms with Gasteiger partial charge in [-0.05, 0) is 33.3 Å². The molecule has 0 amide bonds. The molecule has 0 saturated heterocycles. The van der Waals surface area contributed by atoms with Crippen LogP contribution in [0, 0.1) is 0 Å². The third kappa shape index (κ3) is 5.17. The molecule has 28 heavy (non-hydrogen) atoms. The Hall–Kier alpha value is -1.34. The highest BCUT2D eigenvalue weighted by atomic mass is 31.2. The van der Waals surface area contributed by atoms with Crippen LogP contribution in [-0.2, 0) is 33.8 Å². The van der Waals surface area contributed by atoms with Crippen LogP contribution in [0.3, 0.4) is 0 Å². The van der Waals surface area contributed by atoms with Crippen molar-refractivity contribution in [2.45, 2.75) is 34.2 Å². The van der Waals surface area contributed by atoms with E-state index in [4.69, 9.17) is 18.1 Å². The van der Waals surface area contributed by atoms with Crippen molar-refractivity contribution < 1.29 is 27.2 Å². The van der Waals surface area contributed by atoms with Crippen LogP contribution in [0.15, 0.2) is 30.3 Å². The molecule has 9 nitrogen and oxygen atoms in total. The Morgan fingerprint density at radius 3 is 1.82 bits per heavy atom. The number of hydrogen-bond donors (Lipinski definition) is 0. The summed E-state index contributed by atoms with van der Waals surface area (Å²) in [5.41, 5.74) is 0.741.